The molecule has 0 saturated heterocycles. The predicted molar refractivity (Wildman–Crippen MR) is 84.0 cm³/mol. The summed E-state index contributed by atoms with van der Waals surface area (Å²) in [7, 11) is -3.39. The van der Waals surface area contributed by atoms with E-state index >= 15 is 0 Å². The van der Waals surface area contributed by atoms with Crippen molar-refractivity contribution >= 4 is 27.2 Å². The molecule has 112 valence electrons. The second-order valence-corrected chi connectivity index (χ2v) is 6.88. The maximum absolute atomic E-state index is 11.9. The summed E-state index contributed by atoms with van der Waals surface area (Å²) in [4.78, 5) is 0.252. The van der Waals surface area contributed by atoms with Crippen LogP contribution in [0.3, 0.4) is 0 Å². The molecule has 0 aliphatic heterocycles. The highest BCUT2D eigenvalue weighted by molar-refractivity contribution is 7.88. The van der Waals surface area contributed by atoms with Crippen LogP contribution in [-0.4, -0.2) is 32.7 Å². The molecule has 0 bridgehead atoms. The summed E-state index contributed by atoms with van der Waals surface area (Å²) < 4.78 is 31.6. The molecule has 7 heteroatoms. The molecular weight excluding hydrogens is 296 g/mol. The lowest BCUT2D eigenvalue weighted by atomic mass is 10.1. The van der Waals surface area contributed by atoms with E-state index < -0.39 is 10.0 Å². The number of nitrogens with two attached hydrogens (primary N) is 1. The molecule has 0 spiro atoms. The Hall–Kier alpha value is -1.02. The van der Waals surface area contributed by atoms with Gasteiger partial charge in [0.1, 0.15) is 4.99 Å². The molecule has 1 aromatic rings. The third kappa shape index (κ3) is 6.42. The molecular formula is C13H20N2O3S2. The van der Waals surface area contributed by atoms with Crippen LogP contribution in [0.2, 0.25) is 0 Å². The van der Waals surface area contributed by atoms with Crippen LogP contribution < -0.4 is 10.5 Å². The fourth-order valence-electron chi connectivity index (χ4n) is 1.58. The van der Waals surface area contributed by atoms with Crippen LogP contribution in [0.25, 0.3) is 0 Å². The third-order valence-electron chi connectivity index (χ3n) is 2.44. The Balaban J connectivity index is 2.57. The lowest BCUT2D eigenvalue weighted by Gasteiger charge is -2.10. The molecule has 0 aliphatic rings. The molecule has 0 unspecified atom stereocenters. The number of thiocarbonyl (C=S) groups is 1. The van der Waals surface area contributed by atoms with Crippen LogP contribution in [0.4, 0.5) is 0 Å². The average molecular weight is 316 g/mol. The van der Waals surface area contributed by atoms with E-state index in [1.54, 1.807) is 24.3 Å². The maximum atomic E-state index is 11.9. The standard InChI is InChI=1S/C13H20N2O3S2/c1-10(2)18-7-6-15-20(16,17)9-11-4-3-5-12(8-11)13(14)19/h3-5,8,10,15H,6-7,9H2,1-2H3,(H2,14,19). The van der Waals surface area contributed by atoms with Crippen molar-refractivity contribution in [3.63, 3.8) is 0 Å². The highest BCUT2D eigenvalue weighted by Gasteiger charge is 2.11. The summed E-state index contributed by atoms with van der Waals surface area (Å²) in [5.41, 5.74) is 6.83. The minimum absolute atomic E-state index is 0.0850. The Bertz CT molecular complexity index is 556. The van der Waals surface area contributed by atoms with Gasteiger partial charge in [-0.1, -0.05) is 30.4 Å². The van der Waals surface area contributed by atoms with Crippen molar-refractivity contribution < 1.29 is 13.2 Å². The summed E-state index contributed by atoms with van der Waals surface area (Å²) in [6, 6.07) is 6.90. The van der Waals surface area contributed by atoms with Gasteiger partial charge in [0.05, 0.1) is 18.5 Å². The fraction of sp³-hybridized carbons (Fsp3) is 0.462. The third-order valence-corrected chi connectivity index (χ3v) is 4.04. The average Bonchev–Trinajstić information content (AvgIpc) is 2.34. The Labute approximate surface area is 125 Å². The zero-order valence-electron chi connectivity index (χ0n) is 11.6. The lowest BCUT2D eigenvalue weighted by Crippen LogP contribution is -2.29. The van der Waals surface area contributed by atoms with Crippen molar-refractivity contribution in [2.75, 3.05) is 13.2 Å². The summed E-state index contributed by atoms with van der Waals surface area (Å²) in [5, 5.41) is 0. The van der Waals surface area contributed by atoms with E-state index in [0.29, 0.717) is 17.7 Å². The lowest BCUT2D eigenvalue weighted by molar-refractivity contribution is 0.0834. The van der Waals surface area contributed by atoms with Crippen LogP contribution in [0.15, 0.2) is 24.3 Å². The van der Waals surface area contributed by atoms with Crippen LogP contribution in [0.5, 0.6) is 0 Å². The van der Waals surface area contributed by atoms with Gasteiger partial charge in [-0.05, 0) is 25.5 Å². The molecule has 0 saturated carbocycles. The van der Waals surface area contributed by atoms with Crippen molar-refractivity contribution in [3.8, 4) is 0 Å². The van der Waals surface area contributed by atoms with Gasteiger partial charge in [-0.3, -0.25) is 0 Å². The first kappa shape index (κ1) is 17.0. The number of sulfonamides is 1. The smallest absolute Gasteiger partial charge is 0.215 e. The Morgan fingerprint density at radius 3 is 2.75 bits per heavy atom. The van der Waals surface area contributed by atoms with E-state index in [2.05, 4.69) is 4.72 Å². The normalized spacial score (nSPS) is 11.8. The van der Waals surface area contributed by atoms with Gasteiger partial charge in [0.25, 0.3) is 0 Å². The van der Waals surface area contributed by atoms with Gasteiger partial charge in [-0.25, -0.2) is 13.1 Å². The molecule has 1 rings (SSSR count). The molecule has 0 amide bonds. The molecule has 1 aromatic carbocycles. The molecule has 5 nitrogen and oxygen atoms in total. The Morgan fingerprint density at radius 2 is 2.15 bits per heavy atom. The number of benzene rings is 1. The van der Waals surface area contributed by atoms with Crippen LogP contribution in [0.1, 0.15) is 25.0 Å². The first-order chi connectivity index (χ1) is 9.30. The first-order valence-electron chi connectivity index (χ1n) is 6.28. The van der Waals surface area contributed by atoms with Crippen LogP contribution in [-0.2, 0) is 20.5 Å². The topological polar surface area (TPSA) is 81.4 Å². The maximum Gasteiger partial charge on any atom is 0.215 e. The summed E-state index contributed by atoms with van der Waals surface area (Å²) >= 11 is 4.87. The van der Waals surface area contributed by atoms with Crippen LogP contribution >= 0.6 is 12.2 Å². The van der Waals surface area contributed by atoms with Crippen molar-refractivity contribution in [2.45, 2.75) is 25.7 Å². The van der Waals surface area contributed by atoms with Gasteiger partial charge in [-0.15, -0.1) is 0 Å². The molecule has 3 N–H and O–H groups in total. The largest absolute Gasteiger partial charge is 0.389 e. The van der Waals surface area contributed by atoms with E-state index in [9.17, 15) is 8.42 Å². The van der Waals surface area contributed by atoms with E-state index in [1.165, 1.54) is 0 Å². The van der Waals surface area contributed by atoms with Crippen LogP contribution in [0, 0.1) is 0 Å². The first-order valence-corrected chi connectivity index (χ1v) is 8.34. The van der Waals surface area contributed by atoms with Crippen molar-refractivity contribution in [2.24, 2.45) is 5.73 Å². The summed E-state index contributed by atoms with van der Waals surface area (Å²) in [6.45, 7) is 4.41. The highest BCUT2D eigenvalue weighted by atomic mass is 32.2. The second-order valence-electron chi connectivity index (χ2n) is 4.64. The number of ether oxygens (including phenoxy) is 1. The molecule has 20 heavy (non-hydrogen) atoms. The minimum atomic E-state index is -3.39. The monoisotopic (exact) mass is 316 g/mol. The van der Waals surface area contributed by atoms with E-state index in [1.807, 2.05) is 13.8 Å². The van der Waals surface area contributed by atoms with Gasteiger partial charge in [0, 0.05) is 12.1 Å². The number of rotatable bonds is 8. The predicted octanol–water partition coefficient (Wildman–Crippen LogP) is 1.17. The van der Waals surface area contributed by atoms with E-state index in [4.69, 9.17) is 22.7 Å². The Kier molecular flexibility index (Phi) is 6.54. The Morgan fingerprint density at radius 1 is 1.45 bits per heavy atom. The zero-order chi connectivity index (χ0) is 15.2. The summed E-state index contributed by atoms with van der Waals surface area (Å²) in [5.74, 6) is -0.106. The molecule has 0 aliphatic carbocycles. The molecule has 0 radical (unpaired) electrons. The number of hydrogen-bond acceptors (Lipinski definition) is 4. The van der Waals surface area contributed by atoms with Crippen molar-refractivity contribution in [1.82, 2.24) is 4.72 Å². The minimum Gasteiger partial charge on any atom is -0.389 e. The van der Waals surface area contributed by atoms with Crippen molar-refractivity contribution in [3.05, 3.63) is 35.4 Å². The van der Waals surface area contributed by atoms with Gasteiger partial charge < -0.3 is 10.5 Å². The zero-order valence-corrected chi connectivity index (χ0v) is 13.3. The van der Waals surface area contributed by atoms with Gasteiger partial charge in [0.2, 0.25) is 10.0 Å². The fourth-order valence-corrected chi connectivity index (χ4v) is 2.82. The van der Waals surface area contributed by atoms with Crippen molar-refractivity contribution in [1.29, 1.82) is 0 Å². The van der Waals surface area contributed by atoms with E-state index in [0.717, 1.165) is 0 Å². The molecule has 0 aromatic heterocycles. The molecule has 0 atom stereocenters. The quantitative estimate of drug-likeness (QED) is 0.556. The van der Waals surface area contributed by atoms with Gasteiger partial charge in [0.15, 0.2) is 0 Å². The number of hydrogen-bond donors (Lipinski definition) is 2. The van der Waals surface area contributed by atoms with Gasteiger partial charge in [-0.2, -0.15) is 0 Å². The molecule has 0 fully saturated rings. The highest BCUT2D eigenvalue weighted by Crippen LogP contribution is 2.08. The summed E-state index contributed by atoms with van der Waals surface area (Å²) in [6.07, 6.45) is 0.0850. The second kappa shape index (κ2) is 7.68. The number of nitrogens with one attached hydrogen (secondary N) is 1. The van der Waals surface area contributed by atoms with Gasteiger partial charge >= 0.3 is 0 Å². The van der Waals surface area contributed by atoms with E-state index in [-0.39, 0.29) is 23.4 Å². The molecule has 0 heterocycles. The SMILES string of the molecule is CC(C)OCCNS(=O)(=O)Cc1cccc(C(N)=S)c1.